The van der Waals surface area contributed by atoms with Gasteiger partial charge in [-0.25, -0.2) is 8.42 Å². The van der Waals surface area contributed by atoms with Crippen molar-refractivity contribution in [1.29, 1.82) is 0 Å². The Morgan fingerprint density at radius 2 is 1.68 bits per heavy atom. The quantitative estimate of drug-likeness (QED) is 0.481. The number of sulfonamides is 1. The van der Waals surface area contributed by atoms with E-state index in [4.69, 9.17) is 0 Å². The number of hydrogen-bond donors (Lipinski definition) is 1. The summed E-state index contributed by atoms with van der Waals surface area (Å²) in [5, 5.41) is 3.58. The second kappa shape index (κ2) is 12.3. The average molecular weight is 561 g/mol. The van der Waals surface area contributed by atoms with E-state index in [9.17, 15) is 18.0 Å². The van der Waals surface area contributed by atoms with Gasteiger partial charge in [0.15, 0.2) is 0 Å². The maximum absolute atomic E-state index is 13.7. The molecule has 8 nitrogen and oxygen atoms in total. The van der Waals surface area contributed by atoms with Crippen LogP contribution in [0.3, 0.4) is 0 Å². The predicted octanol–water partition coefficient (Wildman–Crippen LogP) is 4.67. The lowest BCUT2D eigenvalue weighted by atomic mass is 10.0. The van der Waals surface area contributed by atoms with Crippen molar-refractivity contribution in [1.82, 2.24) is 14.1 Å². The van der Waals surface area contributed by atoms with Gasteiger partial charge in [0.05, 0.1) is 10.5 Å². The van der Waals surface area contributed by atoms with Crippen LogP contribution in [0.5, 0.6) is 0 Å². The number of anilines is 1. The van der Waals surface area contributed by atoms with Gasteiger partial charge in [0.25, 0.3) is 11.8 Å². The Hall–Kier alpha value is -2.27. The number of rotatable bonds is 9. The fourth-order valence-corrected chi connectivity index (χ4v) is 7.97. The van der Waals surface area contributed by atoms with Crippen molar-refractivity contribution in [2.45, 2.75) is 64.3 Å². The van der Waals surface area contributed by atoms with E-state index in [1.54, 1.807) is 12.1 Å². The second-order valence-electron chi connectivity index (χ2n) is 10.6. The number of fused-ring (bicyclic) bond motifs is 1. The highest BCUT2D eigenvalue weighted by molar-refractivity contribution is 7.89. The van der Waals surface area contributed by atoms with Crippen LogP contribution >= 0.6 is 11.3 Å². The summed E-state index contributed by atoms with van der Waals surface area (Å²) < 4.78 is 27.7. The number of carbonyl (C=O) groups is 2. The van der Waals surface area contributed by atoms with Gasteiger partial charge < -0.3 is 15.1 Å². The molecule has 0 spiro atoms. The molecule has 2 aliphatic rings. The highest BCUT2D eigenvalue weighted by atomic mass is 32.2. The summed E-state index contributed by atoms with van der Waals surface area (Å²) >= 11 is 1.47. The normalized spacial score (nSPS) is 17.3. The van der Waals surface area contributed by atoms with Crippen molar-refractivity contribution in [2.24, 2.45) is 5.92 Å². The minimum atomic E-state index is -3.58. The number of carbonyl (C=O) groups excluding carboxylic acids is 2. The van der Waals surface area contributed by atoms with E-state index in [-0.39, 0.29) is 16.7 Å². The van der Waals surface area contributed by atoms with Gasteiger partial charge >= 0.3 is 0 Å². The van der Waals surface area contributed by atoms with Crippen LogP contribution < -0.4 is 5.32 Å². The van der Waals surface area contributed by atoms with Gasteiger partial charge in [0.1, 0.15) is 5.00 Å². The highest BCUT2D eigenvalue weighted by Crippen LogP contribution is 2.38. The van der Waals surface area contributed by atoms with Crippen LogP contribution in [0.25, 0.3) is 0 Å². The van der Waals surface area contributed by atoms with Crippen molar-refractivity contribution < 1.29 is 18.0 Å². The summed E-state index contributed by atoms with van der Waals surface area (Å²) in [6.45, 7) is 10.3. The summed E-state index contributed by atoms with van der Waals surface area (Å²) in [4.78, 5) is 32.4. The number of benzene rings is 1. The molecule has 0 atom stereocenters. The van der Waals surface area contributed by atoms with E-state index in [2.05, 4.69) is 38.0 Å². The maximum Gasteiger partial charge on any atom is 0.257 e. The number of piperidine rings is 1. The van der Waals surface area contributed by atoms with Crippen LogP contribution in [0.4, 0.5) is 5.00 Å². The summed E-state index contributed by atoms with van der Waals surface area (Å²) in [5.41, 5.74) is 2.02. The van der Waals surface area contributed by atoms with Crippen molar-refractivity contribution in [2.75, 3.05) is 45.1 Å². The van der Waals surface area contributed by atoms with Gasteiger partial charge in [0.2, 0.25) is 10.0 Å². The molecule has 38 heavy (non-hydrogen) atoms. The molecule has 1 N–H and O–H groups in total. The molecule has 1 saturated heterocycles. The van der Waals surface area contributed by atoms with Gasteiger partial charge in [-0.1, -0.05) is 20.8 Å². The number of thiophene rings is 1. The Balaban J connectivity index is 1.57. The summed E-state index contributed by atoms with van der Waals surface area (Å²) in [6, 6.07) is 6.12. The zero-order valence-electron chi connectivity index (χ0n) is 23.0. The van der Waals surface area contributed by atoms with E-state index in [0.717, 1.165) is 55.6 Å². The van der Waals surface area contributed by atoms with Crippen LogP contribution in [0.2, 0.25) is 0 Å². The molecule has 10 heteroatoms. The molecular formula is C28H40N4O4S2. The number of likely N-dealkylation sites (N-methyl/N-ethyl adjacent to an activating group) is 1. The molecule has 0 radical (unpaired) electrons. The second-order valence-corrected chi connectivity index (χ2v) is 13.6. The largest absolute Gasteiger partial charge is 0.339 e. The molecule has 2 amide bonds. The molecule has 1 aromatic carbocycles. The number of hydrogen-bond acceptors (Lipinski definition) is 6. The number of nitrogens with zero attached hydrogens (tertiary/aromatic N) is 3. The minimum Gasteiger partial charge on any atom is -0.339 e. The minimum absolute atomic E-state index is 0.0247. The molecule has 1 fully saturated rings. The third-order valence-corrected chi connectivity index (χ3v) is 10.5. The van der Waals surface area contributed by atoms with Crippen LogP contribution in [0.15, 0.2) is 29.2 Å². The van der Waals surface area contributed by atoms with E-state index in [0.29, 0.717) is 48.2 Å². The average Bonchev–Trinajstić information content (AvgIpc) is 3.25. The van der Waals surface area contributed by atoms with Gasteiger partial charge in [0, 0.05) is 49.7 Å². The molecule has 208 valence electrons. The topological polar surface area (TPSA) is 90.0 Å². The van der Waals surface area contributed by atoms with Crippen molar-refractivity contribution in [3.8, 4) is 0 Å². The number of nitrogens with one attached hydrogen (secondary N) is 1. The molecule has 0 saturated carbocycles. The maximum atomic E-state index is 13.7. The molecule has 0 aliphatic carbocycles. The Kier molecular flexibility index (Phi) is 9.28. The Bertz CT molecular complexity index is 1240. The Labute approximate surface area is 231 Å². The lowest BCUT2D eigenvalue weighted by molar-refractivity contribution is 0.0755. The molecule has 3 heterocycles. The van der Waals surface area contributed by atoms with E-state index >= 15 is 0 Å². The van der Waals surface area contributed by atoms with Crippen molar-refractivity contribution >= 4 is 38.2 Å². The monoisotopic (exact) mass is 560 g/mol. The van der Waals surface area contributed by atoms with Gasteiger partial charge in [-0.15, -0.1) is 11.3 Å². The molecule has 4 rings (SSSR count). The van der Waals surface area contributed by atoms with Gasteiger partial charge in [-0.3, -0.25) is 9.59 Å². The summed E-state index contributed by atoms with van der Waals surface area (Å²) in [6.07, 6.45) is 4.22. The van der Waals surface area contributed by atoms with Crippen LogP contribution in [0, 0.1) is 5.92 Å². The molecule has 0 bridgehead atoms. The highest BCUT2D eigenvalue weighted by Gasteiger charge is 2.31. The fourth-order valence-electron chi connectivity index (χ4n) is 5.19. The predicted molar refractivity (Wildman–Crippen MR) is 152 cm³/mol. The molecule has 0 unspecified atom stereocenters. The molecular weight excluding hydrogens is 520 g/mol. The number of amides is 2. The van der Waals surface area contributed by atoms with Crippen LogP contribution in [-0.4, -0.2) is 74.1 Å². The van der Waals surface area contributed by atoms with Crippen molar-refractivity contribution in [3.05, 3.63) is 45.8 Å². The first-order chi connectivity index (χ1) is 18.1. The SMILES string of the molecule is CCCN(CCC)C(=O)c1c(NC(=O)c2ccc(S(=O)(=O)N3CCC(C)CC3)cc2)sc2c1CCN(C)C2. The van der Waals surface area contributed by atoms with Gasteiger partial charge in [-0.2, -0.15) is 4.31 Å². The van der Waals surface area contributed by atoms with Crippen LogP contribution in [0.1, 0.15) is 77.6 Å². The van der Waals surface area contributed by atoms with Crippen molar-refractivity contribution in [3.63, 3.8) is 0 Å². The Morgan fingerprint density at radius 3 is 2.29 bits per heavy atom. The molecule has 2 aromatic rings. The Morgan fingerprint density at radius 1 is 1.05 bits per heavy atom. The first-order valence-corrected chi connectivity index (χ1v) is 15.9. The third-order valence-electron chi connectivity index (χ3n) is 7.46. The fraction of sp³-hybridized carbons (Fsp3) is 0.571. The standard InChI is InChI=1S/C28H40N4O4S2/c1-5-14-31(15-6-2)28(34)25-23-13-16-30(4)19-24(23)37-27(25)29-26(33)21-7-9-22(10-8-21)38(35,36)32-17-11-20(3)12-18-32/h7-10,20H,5-6,11-19H2,1-4H3,(H,29,33). The molecule has 2 aliphatic heterocycles. The lowest BCUT2D eigenvalue weighted by Crippen LogP contribution is -2.37. The van der Waals surface area contributed by atoms with Crippen LogP contribution in [-0.2, 0) is 23.0 Å². The first-order valence-electron chi connectivity index (χ1n) is 13.7. The van der Waals surface area contributed by atoms with Gasteiger partial charge in [-0.05, 0) is 74.9 Å². The van der Waals surface area contributed by atoms with E-state index in [1.165, 1.54) is 27.8 Å². The van der Waals surface area contributed by atoms with E-state index < -0.39 is 10.0 Å². The smallest absolute Gasteiger partial charge is 0.257 e. The summed E-state index contributed by atoms with van der Waals surface area (Å²) in [5.74, 6) is 0.159. The first kappa shape index (κ1) is 28.7. The molecule has 1 aromatic heterocycles. The zero-order chi connectivity index (χ0) is 27.4. The lowest BCUT2D eigenvalue weighted by Gasteiger charge is -2.29. The third kappa shape index (κ3) is 6.14. The zero-order valence-corrected chi connectivity index (χ0v) is 24.6. The summed E-state index contributed by atoms with van der Waals surface area (Å²) in [7, 11) is -1.53. The van der Waals surface area contributed by atoms with E-state index in [1.807, 2.05) is 4.90 Å².